The number of aliphatic hydroxyl groups excluding tert-OH is 4. The number of aromatic hydroxyl groups is 2. The first-order valence-corrected chi connectivity index (χ1v) is 9.16. The summed E-state index contributed by atoms with van der Waals surface area (Å²) in [4.78, 5) is 0. The van der Waals surface area contributed by atoms with E-state index < -0.39 is 43.4 Å². The van der Waals surface area contributed by atoms with Gasteiger partial charge in [-0.2, -0.15) is 0 Å². The third-order valence-electron chi connectivity index (χ3n) is 5.15. The van der Waals surface area contributed by atoms with E-state index in [4.69, 9.17) is 19.3 Å². The zero-order valence-corrected chi connectivity index (χ0v) is 15.3. The van der Waals surface area contributed by atoms with Crippen molar-refractivity contribution in [3.63, 3.8) is 0 Å². The largest absolute Gasteiger partial charge is 0.508 e. The fraction of sp³-hybridized carbons (Fsp3) is 0.400. The average Bonchev–Trinajstić information content (AvgIpc) is 2.97. The van der Waals surface area contributed by atoms with E-state index in [1.54, 1.807) is 12.1 Å². The molecule has 9 nitrogen and oxygen atoms in total. The van der Waals surface area contributed by atoms with E-state index in [1.807, 2.05) is 0 Å². The monoisotopic (exact) mass is 406 g/mol. The molecule has 2 aromatic rings. The lowest BCUT2D eigenvalue weighted by Crippen LogP contribution is -2.35. The van der Waals surface area contributed by atoms with Crippen LogP contribution < -0.4 is 9.47 Å². The van der Waals surface area contributed by atoms with Gasteiger partial charge in [-0.05, 0) is 17.7 Å². The van der Waals surface area contributed by atoms with Crippen molar-refractivity contribution < 1.29 is 44.8 Å². The highest BCUT2D eigenvalue weighted by atomic mass is 16.7. The highest BCUT2D eigenvalue weighted by Gasteiger charge is 2.44. The fourth-order valence-electron chi connectivity index (χ4n) is 3.57. The van der Waals surface area contributed by atoms with Crippen LogP contribution in [-0.2, 0) is 11.2 Å². The van der Waals surface area contributed by atoms with Gasteiger partial charge in [0.05, 0.1) is 12.7 Å². The summed E-state index contributed by atoms with van der Waals surface area (Å²) in [6, 6.07) is 9.02. The molecule has 0 saturated carbocycles. The molecule has 6 atom stereocenters. The SMILES string of the molecule is OC[C@@H]1O[C@@H](Oc2cc(O)c3c(c2)O[C@H](c2ccc(O)cc2)[C@H](O)C3)[C@H](O)[C@@H]1O. The van der Waals surface area contributed by atoms with E-state index in [9.17, 15) is 25.5 Å². The van der Waals surface area contributed by atoms with Crippen LogP contribution in [0.15, 0.2) is 36.4 Å². The molecular weight excluding hydrogens is 384 g/mol. The zero-order valence-electron chi connectivity index (χ0n) is 15.3. The number of ether oxygens (including phenoxy) is 3. The van der Waals surface area contributed by atoms with Gasteiger partial charge in [-0.25, -0.2) is 0 Å². The van der Waals surface area contributed by atoms with Crippen molar-refractivity contribution in [2.75, 3.05) is 6.61 Å². The van der Waals surface area contributed by atoms with Gasteiger partial charge in [-0.1, -0.05) is 12.1 Å². The Kier molecular flexibility index (Phi) is 5.24. The molecule has 9 heteroatoms. The minimum atomic E-state index is -1.38. The number of aliphatic hydroxyl groups is 4. The van der Waals surface area contributed by atoms with Crippen LogP contribution in [-0.4, -0.2) is 68.0 Å². The standard InChI is InChI=1S/C20H22O9/c21-8-16-17(25)18(26)20(29-16)27-11-5-13(23)12-7-14(24)19(28-15(12)6-11)9-1-3-10(22)4-2-9/h1-6,14,16-26H,7-8H2/t14-,16+,17-,18-,19-,20-/m1/s1. The van der Waals surface area contributed by atoms with Gasteiger partial charge in [0.2, 0.25) is 6.29 Å². The molecule has 0 aromatic heterocycles. The van der Waals surface area contributed by atoms with E-state index in [0.717, 1.165) is 0 Å². The van der Waals surface area contributed by atoms with Crippen LogP contribution in [0.4, 0.5) is 0 Å². The Balaban J connectivity index is 1.57. The van der Waals surface area contributed by atoms with Crippen molar-refractivity contribution in [2.45, 2.75) is 43.2 Å². The first kappa shape index (κ1) is 19.7. The van der Waals surface area contributed by atoms with Gasteiger partial charge in [-0.15, -0.1) is 0 Å². The smallest absolute Gasteiger partial charge is 0.229 e. The van der Waals surface area contributed by atoms with Gasteiger partial charge in [0, 0.05) is 24.1 Å². The molecule has 0 aliphatic carbocycles. The molecule has 4 rings (SSSR count). The third kappa shape index (κ3) is 3.70. The van der Waals surface area contributed by atoms with E-state index in [0.29, 0.717) is 11.1 Å². The second-order valence-electron chi connectivity index (χ2n) is 7.15. The third-order valence-corrected chi connectivity index (χ3v) is 5.15. The van der Waals surface area contributed by atoms with Crippen LogP contribution in [0.1, 0.15) is 17.2 Å². The van der Waals surface area contributed by atoms with E-state index in [-0.39, 0.29) is 29.4 Å². The molecule has 0 amide bonds. The van der Waals surface area contributed by atoms with E-state index in [1.165, 1.54) is 24.3 Å². The summed E-state index contributed by atoms with van der Waals surface area (Å²) in [6.07, 6.45) is -6.38. The Morgan fingerprint density at radius 2 is 1.72 bits per heavy atom. The van der Waals surface area contributed by atoms with Gasteiger partial charge in [0.25, 0.3) is 0 Å². The number of phenolic OH excluding ortho intramolecular Hbond substituents is 2. The van der Waals surface area contributed by atoms with Crippen molar-refractivity contribution in [1.82, 2.24) is 0 Å². The molecule has 29 heavy (non-hydrogen) atoms. The normalized spacial score (nSPS) is 31.2. The molecule has 6 N–H and O–H groups in total. The van der Waals surface area contributed by atoms with Gasteiger partial charge >= 0.3 is 0 Å². The maximum Gasteiger partial charge on any atom is 0.229 e. The molecule has 1 fully saturated rings. The molecule has 0 radical (unpaired) electrons. The first-order chi connectivity index (χ1) is 13.9. The molecule has 2 heterocycles. The predicted molar refractivity (Wildman–Crippen MR) is 97.7 cm³/mol. The summed E-state index contributed by atoms with van der Waals surface area (Å²) in [6.45, 7) is -0.483. The molecule has 156 valence electrons. The lowest BCUT2D eigenvalue weighted by molar-refractivity contribution is -0.116. The van der Waals surface area contributed by atoms with Crippen LogP contribution in [0.25, 0.3) is 0 Å². The number of benzene rings is 2. The lowest BCUT2D eigenvalue weighted by atomic mass is 9.94. The highest BCUT2D eigenvalue weighted by Crippen LogP contribution is 2.42. The first-order valence-electron chi connectivity index (χ1n) is 9.16. The van der Waals surface area contributed by atoms with Crippen LogP contribution in [0, 0.1) is 0 Å². The van der Waals surface area contributed by atoms with Crippen molar-refractivity contribution in [1.29, 1.82) is 0 Å². The number of rotatable bonds is 4. The number of hydrogen-bond acceptors (Lipinski definition) is 9. The Bertz CT molecular complexity index is 869. The van der Waals surface area contributed by atoms with Gasteiger partial charge in [-0.3, -0.25) is 0 Å². The molecule has 2 aliphatic heterocycles. The van der Waals surface area contributed by atoms with E-state index in [2.05, 4.69) is 0 Å². The molecule has 0 spiro atoms. The van der Waals surface area contributed by atoms with E-state index >= 15 is 0 Å². The quantitative estimate of drug-likeness (QED) is 0.411. The molecule has 1 saturated heterocycles. The maximum absolute atomic E-state index is 10.4. The fourth-order valence-corrected chi connectivity index (χ4v) is 3.57. The average molecular weight is 406 g/mol. The topological polar surface area (TPSA) is 149 Å². The summed E-state index contributed by atoms with van der Waals surface area (Å²) >= 11 is 0. The lowest BCUT2D eigenvalue weighted by Gasteiger charge is -2.31. The Labute approximate surface area is 166 Å². The van der Waals surface area contributed by atoms with Gasteiger partial charge in [0.1, 0.15) is 47.4 Å². The van der Waals surface area contributed by atoms with Crippen molar-refractivity contribution >= 4 is 0 Å². The van der Waals surface area contributed by atoms with Crippen molar-refractivity contribution in [3.8, 4) is 23.0 Å². The highest BCUT2D eigenvalue weighted by molar-refractivity contribution is 5.52. The number of fused-ring (bicyclic) bond motifs is 1. The molecule has 0 bridgehead atoms. The molecular formula is C20H22O9. The second kappa shape index (κ2) is 7.69. The Morgan fingerprint density at radius 3 is 2.38 bits per heavy atom. The minimum absolute atomic E-state index is 0.0891. The molecule has 0 unspecified atom stereocenters. The van der Waals surface area contributed by atoms with Gasteiger partial charge in [0.15, 0.2) is 0 Å². The second-order valence-corrected chi connectivity index (χ2v) is 7.15. The summed E-state index contributed by atoms with van der Waals surface area (Å²) in [5.74, 6) is 0.339. The number of hydrogen-bond donors (Lipinski definition) is 6. The van der Waals surface area contributed by atoms with Crippen molar-refractivity contribution in [3.05, 3.63) is 47.5 Å². The Hall–Kier alpha value is -2.56. The zero-order chi connectivity index (χ0) is 20.7. The summed E-state index contributed by atoms with van der Waals surface area (Å²) in [7, 11) is 0. The van der Waals surface area contributed by atoms with Crippen LogP contribution in [0.3, 0.4) is 0 Å². The predicted octanol–water partition coefficient (Wildman–Crippen LogP) is -0.0473. The van der Waals surface area contributed by atoms with Crippen LogP contribution >= 0.6 is 0 Å². The summed E-state index contributed by atoms with van der Waals surface area (Å²) < 4.78 is 16.7. The van der Waals surface area contributed by atoms with Gasteiger partial charge < -0.3 is 44.8 Å². The number of phenols is 2. The summed E-state index contributed by atoms with van der Waals surface area (Å²) in [5, 5.41) is 59.2. The van der Waals surface area contributed by atoms with Crippen LogP contribution in [0.2, 0.25) is 0 Å². The molecule has 2 aromatic carbocycles. The maximum atomic E-state index is 10.4. The Morgan fingerprint density at radius 1 is 1.00 bits per heavy atom. The minimum Gasteiger partial charge on any atom is -0.508 e. The van der Waals surface area contributed by atoms with Crippen LogP contribution in [0.5, 0.6) is 23.0 Å². The van der Waals surface area contributed by atoms with Crippen molar-refractivity contribution in [2.24, 2.45) is 0 Å². The summed E-state index contributed by atoms with van der Waals surface area (Å²) in [5.41, 5.74) is 1.05. The molecule has 2 aliphatic rings.